The van der Waals surface area contributed by atoms with E-state index in [2.05, 4.69) is 16.6 Å². The molecule has 0 unspecified atom stereocenters. The van der Waals surface area contributed by atoms with E-state index in [0.717, 1.165) is 10.9 Å². The summed E-state index contributed by atoms with van der Waals surface area (Å²) in [5, 5.41) is 6.47. The van der Waals surface area contributed by atoms with E-state index in [4.69, 9.17) is 6.42 Å². The molecule has 1 aromatic heterocycles. The van der Waals surface area contributed by atoms with Crippen LogP contribution in [0.1, 0.15) is 10.4 Å². The van der Waals surface area contributed by atoms with Gasteiger partial charge in [-0.15, -0.1) is 6.42 Å². The van der Waals surface area contributed by atoms with Gasteiger partial charge in [-0.25, -0.2) is 0 Å². The number of fused-ring (bicyclic) bond motifs is 1. The Morgan fingerprint density at radius 1 is 1.04 bits per heavy atom. The largest absolute Gasteiger partial charge is 0.341 e. The van der Waals surface area contributed by atoms with Crippen LogP contribution >= 0.6 is 0 Å². The summed E-state index contributed by atoms with van der Waals surface area (Å²) >= 11 is 0. The van der Waals surface area contributed by atoms with E-state index in [0.29, 0.717) is 11.3 Å². The fraction of sp³-hybridized carbons (Fsp3) is 0.100. The van der Waals surface area contributed by atoms with Crippen molar-refractivity contribution in [2.75, 3.05) is 11.9 Å². The van der Waals surface area contributed by atoms with E-state index in [9.17, 15) is 9.59 Å². The lowest BCUT2D eigenvalue weighted by atomic mass is 10.1. The Bertz CT molecular complexity index is 966. The highest BCUT2D eigenvalue weighted by atomic mass is 16.2. The molecular weight excluding hydrogens is 314 g/mol. The van der Waals surface area contributed by atoms with Crippen molar-refractivity contribution < 1.29 is 9.59 Å². The van der Waals surface area contributed by atoms with Crippen molar-refractivity contribution in [2.45, 2.75) is 6.54 Å². The number of carbonyl (C=O) groups is 2. The maximum Gasteiger partial charge on any atom is 0.254 e. The first kappa shape index (κ1) is 16.3. The fourth-order valence-corrected chi connectivity index (χ4v) is 2.64. The van der Waals surface area contributed by atoms with Crippen LogP contribution < -0.4 is 10.6 Å². The Hall–Kier alpha value is -3.52. The Kier molecular flexibility index (Phi) is 4.82. The third kappa shape index (κ3) is 3.70. The van der Waals surface area contributed by atoms with Crippen LogP contribution in [0.25, 0.3) is 10.9 Å². The first-order chi connectivity index (χ1) is 12.2. The summed E-state index contributed by atoms with van der Waals surface area (Å²) in [6, 6.07) is 16.6. The molecule has 5 heteroatoms. The number of nitrogens with one attached hydrogen (secondary N) is 2. The number of benzene rings is 2. The lowest BCUT2D eigenvalue weighted by Crippen LogP contribution is -2.26. The molecule has 3 rings (SSSR count). The van der Waals surface area contributed by atoms with Gasteiger partial charge in [0.15, 0.2) is 0 Å². The molecule has 0 saturated carbocycles. The molecule has 2 aromatic carbocycles. The van der Waals surface area contributed by atoms with Gasteiger partial charge in [-0.3, -0.25) is 9.59 Å². The first-order valence-corrected chi connectivity index (χ1v) is 7.83. The summed E-state index contributed by atoms with van der Waals surface area (Å²) in [6.07, 6.45) is 7.03. The van der Waals surface area contributed by atoms with Crippen molar-refractivity contribution in [2.24, 2.45) is 0 Å². The third-order valence-electron chi connectivity index (χ3n) is 3.79. The Balaban J connectivity index is 1.75. The summed E-state index contributed by atoms with van der Waals surface area (Å²) in [6.45, 7) is 0.296. The van der Waals surface area contributed by atoms with Crippen molar-refractivity contribution in [3.8, 4) is 12.3 Å². The van der Waals surface area contributed by atoms with Crippen LogP contribution in [0.5, 0.6) is 0 Å². The number of terminal acetylenes is 1. The van der Waals surface area contributed by atoms with Crippen molar-refractivity contribution in [3.63, 3.8) is 0 Å². The maximum atomic E-state index is 12.4. The zero-order chi connectivity index (χ0) is 17.6. The van der Waals surface area contributed by atoms with E-state index in [1.807, 2.05) is 41.1 Å². The standard InChI is InChI=1S/C20H17N3O2/c1-2-12-21-20(25)16-8-4-5-9-17(16)22-19(24)14-23-13-11-15-7-3-6-10-18(15)23/h1,3-11,13H,12,14H2,(H,21,25)(H,22,24). The highest BCUT2D eigenvalue weighted by Gasteiger charge is 2.13. The molecule has 3 aromatic rings. The molecule has 0 spiro atoms. The van der Waals surface area contributed by atoms with Gasteiger partial charge < -0.3 is 15.2 Å². The number of hydrogen-bond donors (Lipinski definition) is 2. The van der Waals surface area contributed by atoms with Gasteiger partial charge in [0, 0.05) is 11.7 Å². The van der Waals surface area contributed by atoms with Crippen LogP contribution in [0.3, 0.4) is 0 Å². The first-order valence-electron chi connectivity index (χ1n) is 7.83. The summed E-state index contributed by atoms with van der Waals surface area (Å²) in [5.41, 5.74) is 1.82. The molecule has 1 heterocycles. The zero-order valence-corrected chi connectivity index (χ0v) is 13.5. The van der Waals surface area contributed by atoms with Crippen LogP contribution in [0.4, 0.5) is 5.69 Å². The monoisotopic (exact) mass is 331 g/mol. The predicted molar refractivity (Wildman–Crippen MR) is 98.2 cm³/mol. The number of hydrogen-bond acceptors (Lipinski definition) is 2. The second kappa shape index (κ2) is 7.37. The number of rotatable bonds is 5. The summed E-state index contributed by atoms with van der Waals surface area (Å²) < 4.78 is 1.87. The summed E-state index contributed by atoms with van der Waals surface area (Å²) in [7, 11) is 0. The fourth-order valence-electron chi connectivity index (χ4n) is 2.64. The number of nitrogens with zero attached hydrogens (tertiary/aromatic N) is 1. The minimum absolute atomic E-state index is 0.135. The van der Waals surface area contributed by atoms with Gasteiger partial charge in [0.1, 0.15) is 6.54 Å². The average molecular weight is 331 g/mol. The smallest absolute Gasteiger partial charge is 0.254 e. The van der Waals surface area contributed by atoms with Gasteiger partial charge >= 0.3 is 0 Å². The zero-order valence-electron chi connectivity index (χ0n) is 13.5. The molecule has 124 valence electrons. The minimum Gasteiger partial charge on any atom is -0.341 e. The number of para-hydroxylation sites is 2. The highest BCUT2D eigenvalue weighted by molar-refractivity contribution is 6.04. The second-order valence-corrected chi connectivity index (χ2v) is 5.48. The number of carbonyl (C=O) groups excluding carboxylic acids is 2. The summed E-state index contributed by atoms with van der Waals surface area (Å²) in [5.74, 6) is 1.82. The molecule has 0 radical (unpaired) electrons. The van der Waals surface area contributed by atoms with Crippen LogP contribution in [0, 0.1) is 12.3 Å². The van der Waals surface area contributed by atoms with E-state index >= 15 is 0 Å². The van der Waals surface area contributed by atoms with Gasteiger partial charge in [0.25, 0.3) is 5.91 Å². The van der Waals surface area contributed by atoms with E-state index in [1.54, 1.807) is 24.3 Å². The van der Waals surface area contributed by atoms with E-state index < -0.39 is 0 Å². The molecule has 0 atom stereocenters. The molecule has 5 nitrogen and oxygen atoms in total. The van der Waals surface area contributed by atoms with Crippen molar-refractivity contribution in [1.82, 2.24) is 9.88 Å². The topological polar surface area (TPSA) is 63.1 Å². The van der Waals surface area contributed by atoms with E-state index in [1.165, 1.54) is 0 Å². The Labute approximate surface area is 145 Å². The van der Waals surface area contributed by atoms with Gasteiger partial charge in [-0.2, -0.15) is 0 Å². The lowest BCUT2D eigenvalue weighted by Gasteiger charge is -2.11. The Morgan fingerprint density at radius 2 is 1.80 bits per heavy atom. The minimum atomic E-state index is -0.319. The highest BCUT2D eigenvalue weighted by Crippen LogP contribution is 2.17. The Morgan fingerprint density at radius 3 is 2.64 bits per heavy atom. The van der Waals surface area contributed by atoms with Crippen molar-refractivity contribution >= 4 is 28.4 Å². The van der Waals surface area contributed by atoms with Crippen molar-refractivity contribution in [3.05, 3.63) is 66.4 Å². The van der Waals surface area contributed by atoms with Gasteiger partial charge in [0.05, 0.1) is 17.8 Å². The molecule has 0 saturated heterocycles. The predicted octanol–water partition coefficient (Wildman–Crippen LogP) is 2.64. The molecule has 0 aliphatic heterocycles. The van der Waals surface area contributed by atoms with Crippen LogP contribution in [-0.2, 0) is 11.3 Å². The molecule has 0 aliphatic carbocycles. The van der Waals surface area contributed by atoms with Gasteiger partial charge in [-0.1, -0.05) is 36.3 Å². The molecule has 0 bridgehead atoms. The van der Waals surface area contributed by atoms with E-state index in [-0.39, 0.29) is 24.9 Å². The number of aromatic nitrogens is 1. The van der Waals surface area contributed by atoms with Crippen LogP contribution in [-0.4, -0.2) is 22.9 Å². The molecule has 0 aliphatic rings. The van der Waals surface area contributed by atoms with Crippen LogP contribution in [0.15, 0.2) is 60.8 Å². The average Bonchev–Trinajstić information content (AvgIpc) is 3.03. The summed E-state index contributed by atoms with van der Waals surface area (Å²) in [4.78, 5) is 24.6. The van der Waals surface area contributed by atoms with Crippen LogP contribution in [0.2, 0.25) is 0 Å². The molecule has 0 fully saturated rings. The molecule has 25 heavy (non-hydrogen) atoms. The maximum absolute atomic E-state index is 12.4. The number of amides is 2. The molecule has 2 amide bonds. The normalized spacial score (nSPS) is 10.2. The molecule has 2 N–H and O–H groups in total. The van der Waals surface area contributed by atoms with Gasteiger partial charge in [0.2, 0.25) is 5.91 Å². The van der Waals surface area contributed by atoms with Crippen molar-refractivity contribution in [1.29, 1.82) is 0 Å². The third-order valence-corrected chi connectivity index (χ3v) is 3.79. The van der Waals surface area contributed by atoms with Gasteiger partial charge in [-0.05, 0) is 29.7 Å². The lowest BCUT2D eigenvalue weighted by molar-refractivity contribution is -0.116. The quantitative estimate of drug-likeness (QED) is 0.706. The SMILES string of the molecule is C#CCNC(=O)c1ccccc1NC(=O)Cn1ccc2ccccc21. The molecular formula is C20H17N3O2. The number of anilines is 1. The second-order valence-electron chi connectivity index (χ2n) is 5.48.